The number of ether oxygens (including phenoxy) is 3. The average molecular weight is 367 g/mol. The highest BCUT2D eigenvalue weighted by molar-refractivity contribution is 5.70. The number of aromatic amines is 2. The maximum absolute atomic E-state index is 12.3. The SMILES string of the molecule is CC(=O)OC[C@H]1O[C@@H](n2c(=O)[nH]c3c(=O)[nH]c(N)nc32)C[C@@H]1OC(C)=O. The molecule has 26 heavy (non-hydrogen) atoms. The number of nitrogens with zero attached hydrogens (tertiary/aromatic N) is 2. The molecule has 0 spiro atoms. The molecule has 1 aliphatic heterocycles. The molecule has 3 atom stereocenters. The molecule has 12 nitrogen and oxygen atoms in total. The number of nitrogens with two attached hydrogens (primary N) is 1. The maximum atomic E-state index is 12.3. The number of hydrogen-bond acceptors (Lipinski definition) is 9. The summed E-state index contributed by atoms with van der Waals surface area (Å²) in [6.45, 7) is 2.31. The van der Waals surface area contributed by atoms with Crippen LogP contribution in [-0.2, 0) is 23.8 Å². The number of H-pyrrole nitrogens is 2. The summed E-state index contributed by atoms with van der Waals surface area (Å²) in [4.78, 5) is 55.2. The lowest BCUT2D eigenvalue weighted by Gasteiger charge is -2.17. The molecule has 0 aromatic carbocycles. The van der Waals surface area contributed by atoms with Crippen LogP contribution in [0.25, 0.3) is 11.2 Å². The van der Waals surface area contributed by atoms with Gasteiger partial charge >= 0.3 is 17.6 Å². The fourth-order valence-electron chi connectivity index (χ4n) is 2.84. The van der Waals surface area contributed by atoms with Gasteiger partial charge in [-0.15, -0.1) is 0 Å². The fraction of sp³-hybridized carbons (Fsp3) is 0.500. The number of aromatic nitrogens is 4. The molecule has 0 amide bonds. The molecule has 1 fully saturated rings. The van der Waals surface area contributed by atoms with Crippen molar-refractivity contribution in [2.45, 2.75) is 38.7 Å². The molecule has 0 radical (unpaired) electrons. The third-order valence-electron chi connectivity index (χ3n) is 3.83. The van der Waals surface area contributed by atoms with Gasteiger partial charge in [0.2, 0.25) is 5.95 Å². The van der Waals surface area contributed by atoms with Gasteiger partial charge in [-0.25, -0.2) is 9.36 Å². The van der Waals surface area contributed by atoms with Crippen molar-refractivity contribution in [3.63, 3.8) is 0 Å². The molecule has 12 heteroatoms. The summed E-state index contributed by atoms with van der Waals surface area (Å²) in [7, 11) is 0. The molecule has 140 valence electrons. The zero-order chi connectivity index (χ0) is 19.0. The van der Waals surface area contributed by atoms with Crippen LogP contribution in [0.15, 0.2) is 9.59 Å². The van der Waals surface area contributed by atoms with Crippen LogP contribution in [0.3, 0.4) is 0 Å². The van der Waals surface area contributed by atoms with Gasteiger partial charge < -0.3 is 19.9 Å². The Labute approximate surface area is 145 Å². The molecular weight excluding hydrogens is 350 g/mol. The van der Waals surface area contributed by atoms with E-state index < -0.39 is 41.6 Å². The van der Waals surface area contributed by atoms with Crippen molar-refractivity contribution in [3.05, 3.63) is 20.8 Å². The number of imidazole rings is 1. The van der Waals surface area contributed by atoms with E-state index >= 15 is 0 Å². The number of carbonyl (C=O) groups excluding carboxylic acids is 2. The molecule has 0 unspecified atom stereocenters. The Kier molecular flexibility index (Phi) is 4.50. The number of anilines is 1. The van der Waals surface area contributed by atoms with Crippen molar-refractivity contribution in [1.29, 1.82) is 0 Å². The van der Waals surface area contributed by atoms with Crippen LogP contribution >= 0.6 is 0 Å². The maximum Gasteiger partial charge on any atom is 0.329 e. The fourth-order valence-corrected chi connectivity index (χ4v) is 2.84. The van der Waals surface area contributed by atoms with Crippen molar-refractivity contribution < 1.29 is 23.8 Å². The van der Waals surface area contributed by atoms with Gasteiger partial charge in [0.05, 0.1) is 0 Å². The molecule has 2 aromatic rings. The van der Waals surface area contributed by atoms with E-state index in [4.69, 9.17) is 19.9 Å². The molecule has 4 N–H and O–H groups in total. The average Bonchev–Trinajstić information content (AvgIpc) is 3.05. The third kappa shape index (κ3) is 3.31. The predicted molar refractivity (Wildman–Crippen MR) is 86.1 cm³/mol. The molecule has 2 aromatic heterocycles. The van der Waals surface area contributed by atoms with E-state index in [-0.39, 0.29) is 30.1 Å². The molecule has 1 saturated heterocycles. The summed E-state index contributed by atoms with van der Waals surface area (Å²) in [5.74, 6) is -1.23. The quantitative estimate of drug-likeness (QED) is 0.560. The Morgan fingerprint density at radius 1 is 1.31 bits per heavy atom. The van der Waals surface area contributed by atoms with E-state index in [1.807, 2.05) is 0 Å². The topological polar surface area (TPSA) is 171 Å². The van der Waals surface area contributed by atoms with Crippen LogP contribution in [0.4, 0.5) is 5.95 Å². The van der Waals surface area contributed by atoms with Gasteiger partial charge in [0.25, 0.3) is 5.56 Å². The van der Waals surface area contributed by atoms with E-state index in [1.54, 1.807) is 0 Å². The number of carbonyl (C=O) groups is 2. The van der Waals surface area contributed by atoms with Crippen LogP contribution in [0.2, 0.25) is 0 Å². The largest absolute Gasteiger partial charge is 0.463 e. The first kappa shape index (κ1) is 17.7. The number of rotatable bonds is 4. The normalized spacial score (nSPS) is 22.5. The Bertz CT molecular complexity index is 974. The lowest BCUT2D eigenvalue weighted by molar-refractivity contribution is -0.155. The van der Waals surface area contributed by atoms with Gasteiger partial charge in [0.1, 0.15) is 25.0 Å². The number of nitrogens with one attached hydrogen (secondary N) is 2. The van der Waals surface area contributed by atoms with E-state index in [0.29, 0.717) is 0 Å². The van der Waals surface area contributed by atoms with Gasteiger partial charge in [-0.1, -0.05) is 0 Å². The molecule has 3 heterocycles. The first-order valence-corrected chi connectivity index (χ1v) is 7.72. The van der Waals surface area contributed by atoms with Crippen LogP contribution in [-0.4, -0.2) is 50.3 Å². The van der Waals surface area contributed by atoms with Gasteiger partial charge in [-0.05, 0) is 0 Å². The second kappa shape index (κ2) is 6.63. The van der Waals surface area contributed by atoms with Crippen LogP contribution < -0.4 is 17.0 Å². The van der Waals surface area contributed by atoms with E-state index in [9.17, 15) is 19.2 Å². The second-order valence-electron chi connectivity index (χ2n) is 5.77. The van der Waals surface area contributed by atoms with Crippen molar-refractivity contribution in [2.75, 3.05) is 12.3 Å². The van der Waals surface area contributed by atoms with Crippen molar-refractivity contribution >= 4 is 29.1 Å². The molecule has 1 aliphatic rings. The van der Waals surface area contributed by atoms with Gasteiger partial charge in [0.15, 0.2) is 11.2 Å². The highest BCUT2D eigenvalue weighted by atomic mass is 16.6. The molecule has 0 saturated carbocycles. The standard InChI is InChI=1S/C14H17N5O7/c1-5(20)24-4-8-7(25-6(2)21)3-9(26-8)19-11-10(16-14(19)23)12(22)18-13(15)17-11/h7-9H,3-4H2,1-2H3,(H,16,23)(H3,15,17,18,22)/t7-,8+,9+/m0/s1. The zero-order valence-corrected chi connectivity index (χ0v) is 14.0. The van der Waals surface area contributed by atoms with Crippen molar-refractivity contribution in [1.82, 2.24) is 19.5 Å². The van der Waals surface area contributed by atoms with Crippen LogP contribution in [0.5, 0.6) is 0 Å². The number of esters is 2. The molecule has 3 rings (SSSR count). The van der Waals surface area contributed by atoms with Crippen LogP contribution in [0.1, 0.15) is 26.5 Å². The summed E-state index contributed by atoms with van der Waals surface area (Å²) >= 11 is 0. The van der Waals surface area contributed by atoms with Crippen LogP contribution in [0, 0.1) is 0 Å². The summed E-state index contributed by atoms with van der Waals surface area (Å²) in [6.07, 6.45) is -2.31. The summed E-state index contributed by atoms with van der Waals surface area (Å²) in [5.41, 5.74) is 4.26. The smallest absolute Gasteiger partial charge is 0.329 e. The Morgan fingerprint density at radius 3 is 2.69 bits per heavy atom. The second-order valence-corrected chi connectivity index (χ2v) is 5.77. The van der Waals surface area contributed by atoms with E-state index in [1.165, 1.54) is 13.8 Å². The highest BCUT2D eigenvalue weighted by Crippen LogP contribution is 2.31. The van der Waals surface area contributed by atoms with E-state index in [0.717, 1.165) is 4.57 Å². The highest BCUT2D eigenvalue weighted by Gasteiger charge is 2.40. The van der Waals surface area contributed by atoms with Crippen molar-refractivity contribution in [3.8, 4) is 0 Å². The Balaban J connectivity index is 1.96. The Morgan fingerprint density at radius 2 is 2.04 bits per heavy atom. The predicted octanol–water partition coefficient (Wildman–Crippen LogP) is -1.22. The third-order valence-corrected chi connectivity index (χ3v) is 3.83. The van der Waals surface area contributed by atoms with Gasteiger partial charge in [0, 0.05) is 20.3 Å². The summed E-state index contributed by atoms with van der Waals surface area (Å²) in [6, 6.07) is 0. The summed E-state index contributed by atoms with van der Waals surface area (Å²) in [5, 5.41) is 0. The first-order valence-electron chi connectivity index (χ1n) is 7.72. The molecule has 0 aliphatic carbocycles. The monoisotopic (exact) mass is 367 g/mol. The Hall–Kier alpha value is -3.15. The minimum Gasteiger partial charge on any atom is -0.463 e. The minimum absolute atomic E-state index is 0.0101. The number of fused-ring (bicyclic) bond motifs is 1. The van der Waals surface area contributed by atoms with Gasteiger partial charge in [-0.2, -0.15) is 4.98 Å². The van der Waals surface area contributed by atoms with Gasteiger partial charge in [-0.3, -0.25) is 24.4 Å². The summed E-state index contributed by atoms with van der Waals surface area (Å²) < 4.78 is 17.0. The zero-order valence-electron chi connectivity index (χ0n) is 14.0. The lowest BCUT2D eigenvalue weighted by Crippen LogP contribution is -2.31. The minimum atomic E-state index is -0.894. The first-order chi connectivity index (χ1) is 12.3. The molecular formula is C14H17N5O7. The number of hydrogen-bond donors (Lipinski definition) is 3. The lowest BCUT2D eigenvalue weighted by atomic mass is 10.2. The van der Waals surface area contributed by atoms with Crippen molar-refractivity contribution in [2.24, 2.45) is 0 Å². The number of nitrogen functional groups attached to an aromatic ring is 1. The van der Waals surface area contributed by atoms with E-state index in [2.05, 4.69) is 15.0 Å². The molecule has 0 bridgehead atoms.